The van der Waals surface area contributed by atoms with Crippen LogP contribution in [0.5, 0.6) is 5.75 Å². The number of alkyl halides is 2. The van der Waals surface area contributed by atoms with Crippen LogP contribution in [0.3, 0.4) is 0 Å². The monoisotopic (exact) mass is 351 g/mol. The summed E-state index contributed by atoms with van der Waals surface area (Å²) in [5, 5.41) is 16.4. The molecule has 0 aliphatic heterocycles. The minimum Gasteiger partial charge on any atom is -0.476 e. The summed E-state index contributed by atoms with van der Waals surface area (Å²) < 4.78 is 33.4. The summed E-state index contributed by atoms with van der Waals surface area (Å²) in [6.07, 6.45) is 0.114. The molecule has 3 aromatic heterocycles. The number of halogens is 2. The molecule has 0 spiro atoms. The van der Waals surface area contributed by atoms with Crippen molar-refractivity contribution in [1.29, 1.82) is 0 Å². The van der Waals surface area contributed by atoms with Crippen molar-refractivity contribution >= 4 is 22.8 Å². The maximum atomic E-state index is 12.3. The van der Waals surface area contributed by atoms with E-state index in [2.05, 4.69) is 29.6 Å². The summed E-state index contributed by atoms with van der Waals surface area (Å²) in [4.78, 5) is 19.3. The van der Waals surface area contributed by atoms with Crippen LogP contribution in [0.15, 0.2) is 16.8 Å². The molecule has 0 atom stereocenters. The van der Waals surface area contributed by atoms with Crippen molar-refractivity contribution in [2.75, 3.05) is 5.73 Å². The van der Waals surface area contributed by atoms with E-state index in [0.717, 1.165) is 6.07 Å². The highest BCUT2D eigenvalue weighted by molar-refractivity contribution is 5.88. The van der Waals surface area contributed by atoms with Crippen LogP contribution in [0.25, 0.3) is 11.2 Å². The summed E-state index contributed by atoms with van der Waals surface area (Å²) in [5.74, 6) is -2.01. The first kappa shape index (κ1) is 16.5. The van der Waals surface area contributed by atoms with Gasteiger partial charge in [0.05, 0.1) is 5.69 Å². The molecule has 0 bridgehead atoms. The van der Waals surface area contributed by atoms with Gasteiger partial charge in [-0.1, -0.05) is 0 Å². The Kier molecular flexibility index (Phi) is 4.13. The van der Waals surface area contributed by atoms with E-state index in [1.807, 2.05) is 0 Å². The largest absolute Gasteiger partial charge is 0.476 e. The fourth-order valence-electron chi connectivity index (χ4n) is 2.32. The second-order valence-electron chi connectivity index (χ2n) is 5.04. The lowest BCUT2D eigenvalue weighted by atomic mass is 10.0. The normalized spacial score (nSPS) is 11.2. The molecule has 130 valence electrons. The fourth-order valence-corrected chi connectivity index (χ4v) is 2.32. The maximum Gasteiger partial charge on any atom is 0.387 e. The summed E-state index contributed by atoms with van der Waals surface area (Å²) in [6, 6.07) is 2.49. The third-order valence-corrected chi connectivity index (χ3v) is 3.45. The van der Waals surface area contributed by atoms with Gasteiger partial charge in [-0.25, -0.2) is 19.4 Å². The van der Waals surface area contributed by atoms with Crippen LogP contribution >= 0.6 is 0 Å². The molecule has 0 aliphatic carbocycles. The van der Waals surface area contributed by atoms with Gasteiger partial charge in [-0.05, 0) is 29.4 Å². The van der Waals surface area contributed by atoms with E-state index in [1.54, 1.807) is 6.92 Å². The first-order valence-electron chi connectivity index (χ1n) is 6.92. The molecule has 0 unspecified atom stereocenters. The molecule has 3 heterocycles. The van der Waals surface area contributed by atoms with Crippen LogP contribution in [-0.2, 0) is 6.42 Å². The van der Waals surface area contributed by atoms with Crippen molar-refractivity contribution in [1.82, 2.24) is 20.3 Å². The third-order valence-electron chi connectivity index (χ3n) is 3.45. The van der Waals surface area contributed by atoms with E-state index < -0.39 is 24.0 Å². The Morgan fingerprint density at radius 2 is 2.12 bits per heavy atom. The Balaban J connectivity index is 2.01. The van der Waals surface area contributed by atoms with Gasteiger partial charge in [-0.2, -0.15) is 8.78 Å². The lowest BCUT2D eigenvalue weighted by molar-refractivity contribution is -0.0506. The van der Waals surface area contributed by atoms with Gasteiger partial charge in [0.2, 0.25) is 5.65 Å². The number of rotatable bonds is 5. The van der Waals surface area contributed by atoms with E-state index in [4.69, 9.17) is 10.8 Å². The number of aromatic carboxylic acids is 1. The van der Waals surface area contributed by atoms with E-state index in [-0.39, 0.29) is 29.0 Å². The zero-order chi connectivity index (χ0) is 18.1. The first-order valence-corrected chi connectivity index (χ1v) is 6.92. The molecule has 11 heteroatoms. The highest BCUT2D eigenvalue weighted by Gasteiger charge is 2.20. The Labute approximate surface area is 138 Å². The number of pyridine rings is 2. The number of carboxylic acid groups (broad SMARTS) is 1. The summed E-state index contributed by atoms with van der Waals surface area (Å²) >= 11 is 0. The van der Waals surface area contributed by atoms with Gasteiger partial charge in [0.25, 0.3) is 0 Å². The van der Waals surface area contributed by atoms with Crippen molar-refractivity contribution in [2.45, 2.75) is 20.0 Å². The zero-order valence-electron chi connectivity index (χ0n) is 12.7. The minimum atomic E-state index is -3.16. The van der Waals surface area contributed by atoms with Crippen molar-refractivity contribution in [2.24, 2.45) is 0 Å². The highest BCUT2D eigenvalue weighted by Crippen LogP contribution is 2.26. The van der Waals surface area contributed by atoms with E-state index in [0.29, 0.717) is 11.3 Å². The Morgan fingerprint density at radius 3 is 2.80 bits per heavy atom. The van der Waals surface area contributed by atoms with Gasteiger partial charge in [0, 0.05) is 23.4 Å². The van der Waals surface area contributed by atoms with E-state index in [9.17, 15) is 13.6 Å². The number of hydrogen-bond donors (Lipinski definition) is 2. The standard InChI is InChI=1S/C14H11F2N5O4/c1-5-7(9(17)11-12(18-5)21-25-20-11)4-6-2-3-8(24-14(15)16)10(19-6)13(22)23/h2-3,14H,4,17H2,1H3,(H,22,23). The van der Waals surface area contributed by atoms with Gasteiger partial charge < -0.3 is 15.6 Å². The predicted octanol–water partition coefficient (Wildman–Crippen LogP) is 1.79. The molecule has 3 aromatic rings. The molecule has 9 nitrogen and oxygen atoms in total. The number of aryl methyl sites for hydroxylation is 1. The molecule has 0 fully saturated rings. The average Bonchev–Trinajstić information content (AvgIpc) is 3.00. The average molecular weight is 351 g/mol. The summed E-state index contributed by atoms with van der Waals surface area (Å²) in [5.41, 5.74) is 7.58. The number of anilines is 1. The lowest BCUT2D eigenvalue weighted by Crippen LogP contribution is -2.11. The molecule has 3 N–H and O–H groups in total. The Bertz CT molecular complexity index is 960. The molecule has 0 aromatic carbocycles. The lowest BCUT2D eigenvalue weighted by Gasteiger charge is -2.11. The number of nitrogens with zero attached hydrogens (tertiary/aromatic N) is 4. The number of aromatic nitrogens is 4. The number of nitrogen functional groups attached to an aromatic ring is 1. The molecule has 0 saturated carbocycles. The number of hydrogen-bond acceptors (Lipinski definition) is 8. The van der Waals surface area contributed by atoms with E-state index in [1.165, 1.54) is 6.07 Å². The Morgan fingerprint density at radius 1 is 1.36 bits per heavy atom. The molecule has 0 radical (unpaired) electrons. The van der Waals surface area contributed by atoms with Gasteiger partial charge in [0.15, 0.2) is 17.0 Å². The fraction of sp³-hybridized carbons (Fsp3) is 0.214. The van der Waals surface area contributed by atoms with Gasteiger partial charge in [-0.3, -0.25) is 0 Å². The van der Waals surface area contributed by atoms with Crippen LogP contribution in [0.2, 0.25) is 0 Å². The van der Waals surface area contributed by atoms with Crippen molar-refractivity contribution < 1.29 is 28.0 Å². The predicted molar refractivity (Wildman–Crippen MR) is 79.4 cm³/mol. The van der Waals surface area contributed by atoms with E-state index >= 15 is 0 Å². The SMILES string of the molecule is Cc1nc2nonc2c(N)c1Cc1ccc(OC(F)F)c(C(=O)O)n1. The third kappa shape index (κ3) is 3.16. The number of carboxylic acids is 1. The highest BCUT2D eigenvalue weighted by atomic mass is 19.3. The molecular formula is C14H11F2N5O4. The first-order chi connectivity index (χ1) is 11.9. The minimum absolute atomic E-state index is 0.114. The van der Waals surface area contributed by atoms with Gasteiger partial charge in [0.1, 0.15) is 0 Å². The summed E-state index contributed by atoms with van der Waals surface area (Å²) in [6.45, 7) is -1.47. The van der Waals surface area contributed by atoms with Gasteiger partial charge in [-0.15, -0.1) is 0 Å². The van der Waals surface area contributed by atoms with Crippen LogP contribution in [0.1, 0.15) is 27.4 Å². The topological polar surface area (TPSA) is 137 Å². The van der Waals surface area contributed by atoms with Crippen molar-refractivity contribution in [3.8, 4) is 5.75 Å². The van der Waals surface area contributed by atoms with Crippen molar-refractivity contribution in [3.05, 3.63) is 34.8 Å². The smallest absolute Gasteiger partial charge is 0.387 e. The number of ether oxygens (including phenoxy) is 1. The number of nitrogens with two attached hydrogens (primary N) is 1. The Hall–Kier alpha value is -3.37. The number of fused-ring (bicyclic) bond motifs is 1. The second-order valence-corrected chi connectivity index (χ2v) is 5.04. The zero-order valence-corrected chi connectivity index (χ0v) is 12.7. The van der Waals surface area contributed by atoms with Crippen LogP contribution < -0.4 is 10.5 Å². The number of carbonyl (C=O) groups is 1. The molecular weight excluding hydrogens is 340 g/mol. The van der Waals surface area contributed by atoms with Gasteiger partial charge >= 0.3 is 12.6 Å². The quantitative estimate of drug-likeness (QED) is 0.704. The molecule has 0 aliphatic rings. The van der Waals surface area contributed by atoms with Crippen molar-refractivity contribution in [3.63, 3.8) is 0 Å². The maximum absolute atomic E-state index is 12.3. The second kappa shape index (κ2) is 6.26. The van der Waals surface area contributed by atoms with Crippen LogP contribution in [0.4, 0.5) is 14.5 Å². The molecule has 0 amide bonds. The molecule has 25 heavy (non-hydrogen) atoms. The summed E-state index contributed by atoms with van der Waals surface area (Å²) in [7, 11) is 0. The molecule has 0 saturated heterocycles. The molecule has 3 rings (SSSR count). The van der Waals surface area contributed by atoms with Crippen LogP contribution in [-0.4, -0.2) is 38.0 Å². The van der Waals surface area contributed by atoms with Crippen LogP contribution in [0, 0.1) is 6.92 Å².